The lowest BCUT2D eigenvalue weighted by atomic mass is 10.0. The Morgan fingerprint density at radius 2 is 0.527 bits per heavy atom. The van der Waals surface area contributed by atoms with Gasteiger partial charge in [0.2, 0.25) is 0 Å². The van der Waals surface area contributed by atoms with Gasteiger partial charge in [-0.15, -0.1) is 0 Å². The molecule has 0 heterocycles. The first kappa shape index (κ1) is 70.6. The van der Waals surface area contributed by atoms with Gasteiger partial charge in [-0.3, -0.25) is 14.4 Å². The molecule has 0 bridgehead atoms. The lowest BCUT2D eigenvalue weighted by Gasteiger charge is -2.18. The maximum absolute atomic E-state index is 12.9. The fraction of sp³-hybridized carbons (Fsp3) is 0.750. The van der Waals surface area contributed by atoms with Crippen molar-refractivity contribution in [3.63, 3.8) is 0 Å². The molecule has 6 heteroatoms. The van der Waals surface area contributed by atoms with Crippen LogP contribution < -0.4 is 0 Å². The van der Waals surface area contributed by atoms with Gasteiger partial charge in [-0.05, 0) is 77.0 Å². The lowest BCUT2D eigenvalue weighted by Crippen LogP contribution is -2.30. The maximum Gasteiger partial charge on any atom is 0.306 e. The van der Waals surface area contributed by atoms with Gasteiger partial charge in [0.15, 0.2) is 6.10 Å². The summed E-state index contributed by atoms with van der Waals surface area (Å²) in [6.45, 7) is 6.51. The van der Waals surface area contributed by atoms with Gasteiger partial charge in [0.05, 0.1) is 0 Å². The van der Waals surface area contributed by atoms with Crippen LogP contribution in [0.25, 0.3) is 0 Å². The Kier molecular flexibility index (Phi) is 59.3. The molecule has 74 heavy (non-hydrogen) atoms. The number of rotatable bonds is 57. The molecule has 0 aliphatic heterocycles. The third-order valence-corrected chi connectivity index (χ3v) is 13.7. The summed E-state index contributed by atoms with van der Waals surface area (Å²) in [6, 6.07) is 0. The zero-order chi connectivity index (χ0) is 53.6. The minimum absolute atomic E-state index is 0.0793. The molecule has 0 saturated heterocycles. The van der Waals surface area contributed by atoms with Crippen molar-refractivity contribution in [2.45, 2.75) is 316 Å². The lowest BCUT2D eigenvalue weighted by molar-refractivity contribution is -0.167. The van der Waals surface area contributed by atoms with E-state index in [1.165, 1.54) is 148 Å². The Bertz CT molecular complexity index is 1420. The van der Waals surface area contributed by atoms with Gasteiger partial charge < -0.3 is 14.2 Å². The van der Waals surface area contributed by atoms with Gasteiger partial charge in [0.25, 0.3) is 0 Å². The molecule has 0 aromatic carbocycles. The molecule has 0 saturated carbocycles. The van der Waals surface area contributed by atoms with Crippen molar-refractivity contribution in [1.82, 2.24) is 0 Å². The molecule has 0 rings (SSSR count). The van der Waals surface area contributed by atoms with Crippen LogP contribution in [-0.4, -0.2) is 37.2 Å². The van der Waals surface area contributed by atoms with Crippen molar-refractivity contribution in [2.24, 2.45) is 0 Å². The van der Waals surface area contributed by atoms with Crippen molar-refractivity contribution in [2.75, 3.05) is 13.2 Å². The molecule has 0 amide bonds. The summed E-state index contributed by atoms with van der Waals surface area (Å²) in [5, 5.41) is 0. The summed E-state index contributed by atoms with van der Waals surface area (Å²) in [4.78, 5) is 38.1. The largest absolute Gasteiger partial charge is 0.462 e. The zero-order valence-corrected chi connectivity index (χ0v) is 48.8. The third kappa shape index (κ3) is 59.5. The average molecular weight is 1030 g/mol. The minimum atomic E-state index is -0.781. The summed E-state index contributed by atoms with van der Waals surface area (Å²) in [5.74, 6) is -0.891. The second kappa shape index (κ2) is 62.1. The Hall–Kier alpha value is -3.41. The van der Waals surface area contributed by atoms with Crippen molar-refractivity contribution in [3.8, 4) is 0 Å². The second-order valence-electron chi connectivity index (χ2n) is 21.0. The minimum Gasteiger partial charge on any atom is -0.462 e. The Morgan fingerprint density at radius 1 is 0.284 bits per heavy atom. The maximum atomic E-state index is 12.9. The van der Waals surface area contributed by atoms with Gasteiger partial charge in [0.1, 0.15) is 13.2 Å². The second-order valence-corrected chi connectivity index (χ2v) is 21.0. The zero-order valence-electron chi connectivity index (χ0n) is 48.8. The summed E-state index contributed by atoms with van der Waals surface area (Å²) in [7, 11) is 0. The average Bonchev–Trinajstić information content (AvgIpc) is 3.40. The molecule has 0 spiro atoms. The molecule has 0 aliphatic rings. The Balaban J connectivity index is 4.23. The predicted octanol–water partition coefficient (Wildman–Crippen LogP) is 21.5. The van der Waals surface area contributed by atoms with E-state index in [2.05, 4.69) is 106 Å². The molecule has 0 aliphatic carbocycles. The number of esters is 3. The van der Waals surface area contributed by atoms with Crippen LogP contribution in [0.2, 0.25) is 0 Å². The first-order valence-corrected chi connectivity index (χ1v) is 31.6. The van der Waals surface area contributed by atoms with Gasteiger partial charge >= 0.3 is 17.9 Å². The van der Waals surface area contributed by atoms with Crippen LogP contribution in [-0.2, 0) is 28.6 Å². The van der Waals surface area contributed by atoms with E-state index >= 15 is 0 Å². The summed E-state index contributed by atoms with van der Waals surface area (Å²) in [5.41, 5.74) is 0. The van der Waals surface area contributed by atoms with E-state index in [-0.39, 0.29) is 31.1 Å². The summed E-state index contributed by atoms with van der Waals surface area (Å²) in [6.07, 6.45) is 81.7. The monoisotopic (exact) mass is 1030 g/mol. The van der Waals surface area contributed by atoms with E-state index in [0.717, 1.165) is 122 Å². The van der Waals surface area contributed by atoms with E-state index < -0.39 is 6.10 Å². The standard InChI is InChI=1S/C68H118O6/c1-4-7-10-13-16-19-21-23-25-27-29-31-32-33-34-35-36-38-39-41-43-45-47-49-52-55-58-61-67(70)73-64-65(63-72-66(69)60-57-54-51-18-15-12-9-6-3)74-68(71)62-59-56-53-50-48-46-44-42-40-37-30-28-26-24-22-20-17-14-11-8-5-2/h7,10,16,19,23,25,29,31,33-34,36,38,41,43,65H,4-6,8-9,11-15,17-18,20-22,24,26-28,30,32,35,37,39-40,42,44-64H2,1-3H3/b10-7-,19-16-,25-23-,31-29-,34-33-,38-36-,43-41-. The van der Waals surface area contributed by atoms with Gasteiger partial charge in [-0.2, -0.15) is 0 Å². The molecule has 0 radical (unpaired) electrons. The highest BCUT2D eigenvalue weighted by Crippen LogP contribution is 2.17. The van der Waals surface area contributed by atoms with Crippen LogP contribution in [0.4, 0.5) is 0 Å². The fourth-order valence-electron chi connectivity index (χ4n) is 8.95. The fourth-order valence-corrected chi connectivity index (χ4v) is 8.95. The highest BCUT2D eigenvalue weighted by atomic mass is 16.6. The van der Waals surface area contributed by atoms with Crippen LogP contribution in [0, 0.1) is 0 Å². The summed E-state index contributed by atoms with van der Waals surface area (Å²) < 4.78 is 16.8. The molecule has 0 aromatic rings. The quantitative estimate of drug-likeness (QED) is 0.0261. The number of ether oxygens (including phenoxy) is 3. The number of carbonyl (C=O) groups is 3. The van der Waals surface area contributed by atoms with Gasteiger partial charge in [-0.1, -0.05) is 298 Å². The van der Waals surface area contributed by atoms with Crippen molar-refractivity contribution in [3.05, 3.63) is 85.1 Å². The van der Waals surface area contributed by atoms with Gasteiger partial charge in [-0.25, -0.2) is 0 Å². The molecule has 0 N–H and O–H groups in total. The third-order valence-electron chi connectivity index (χ3n) is 13.7. The van der Waals surface area contributed by atoms with E-state index in [1.54, 1.807) is 0 Å². The molecular formula is C68H118O6. The van der Waals surface area contributed by atoms with Crippen LogP contribution in [0.3, 0.4) is 0 Å². The number of hydrogen-bond acceptors (Lipinski definition) is 6. The van der Waals surface area contributed by atoms with Crippen LogP contribution in [0.5, 0.6) is 0 Å². The molecule has 0 aromatic heterocycles. The number of unbranched alkanes of at least 4 members (excludes halogenated alkanes) is 32. The molecule has 0 fully saturated rings. The first-order valence-electron chi connectivity index (χ1n) is 31.6. The first-order chi connectivity index (χ1) is 36.5. The van der Waals surface area contributed by atoms with Crippen LogP contribution >= 0.6 is 0 Å². The Morgan fingerprint density at radius 3 is 0.824 bits per heavy atom. The number of allylic oxidation sites excluding steroid dienone is 14. The van der Waals surface area contributed by atoms with Crippen molar-refractivity contribution in [1.29, 1.82) is 0 Å². The molecule has 1 unspecified atom stereocenters. The molecule has 1 atom stereocenters. The van der Waals surface area contributed by atoms with E-state index in [9.17, 15) is 14.4 Å². The molecular weight excluding hydrogens is 913 g/mol. The van der Waals surface area contributed by atoms with E-state index in [0.29, 0.717) is 19.3 Å². The highest BCUT2D eigenvalue weighted by Gasteiger charge is 2.19. The topological polar surface area (TPSA) is 78.9 Å². The van der Waals surface area contributed by atoms with Gasteiger partial charge in [0, 0.05) is 19.3 Å². The highest BCUT2D eigenvalue weighted by molar-refractivity contribution is 5.71. The Labute approximate surface area is 458 Å². The van der Waals surface area contributed by atoms with Crippen molar-refractivity contribution < 1.29 is 28.6 Å². The summed E-state index contributed by atoms with van der Waals surface area (Å²) >= 11 is 0. The number of carbonyl (C=O) groups excluding carboxylic acids is 3. The van der Waals surface area contributed by atoms with Crippen LogP contribution in [0.15, 0.2) is 85.1 Å². The molecule has 426 valence electrons. The SMILES string of the molecule is CC/C=C\C/C=C\C/C=C\C/C=C\C/C=C\C/C=C\C/C=C\CCCCCCCC(=O)OCC(COC(=O)CCCCCCCCCC)OC(=O)CCCCCCCCCCCCCCCCCCCCCCC. The van der Waals surface area contributed by atoms with Crippen molar-refractivity contribution >= 4 is 17.9 Å². The van der Waals surface area contributed by atoms with E-state index in [4.69, 9.17) is 14.2 Å². The molecule has 6 nitrogen and oxygen atoms in total. The van der Waals surface area contributed by atoms with E-state index in [1.807, 2.05) is 0 Å². The predicted molar refractivity (Wildman–Crippen MR) is 321 cm³/mol. The number of hydrogen-bond donors (Lipinski definition) is 0. The normalized spacial score (nSPS) is 12.6. The smallest absolute Gasteiger partial charge is 0.306 e. The van der Waals surface area contributed by atoms with Crippen LogP contribution in [0.1, 0.15) is 310 Å².